The Morgan fingerprint density at radius 3 is 2.50 bits per heavy atom. The summed E-state index contributed by atoms with van der Waals surface area (Å²) in [5.74, 6) is 0.676. The average Bonchev–Trinajstić information content (AvgIpc) is 2.28. The quantitative estimate of drug-likeness (QED) is 0.478. The zero-order valence-electron chi connectivity index (χ0n) is 11.1. The molecule has 2 heteroatoms. The highest BCUT2D eigenvalue weighted by atomic mass is 35.5. The largest absolute Gasteiger partial charge is 0.303 e. The van der Waals surface area contributed by atoms with Crippen LogP contribution in [0, 0.1) is 5.92 Å². The molecular weight excluding hydrogens is 218 g/mol. The molecule has 2 atom stereocenters. The van der Waals surface area contributed by atoms with Crippen LogP contribution < -0.4 is 0 Å². The smallest absolute Gasteiger partial charge is 0.0386 e. The normalized spacial score (nSPS) is 27.2. The molecule has 0 N–H and O–H groups in total. The SMILES string of the molecule is CCCCCCCCN1CCC(Cl)C(C)C1. The second-order valence-electron chi connectivity index (χ2n) is 5.35. The number of unbranched alkanes of at least 4 members (excludes halogenated alkanes) is 5. The van der Waals surface area contributed by atoms with Crippen molar-refractivity contribution in [3.05, 3.63) is 0 Å². The molecule has 0 bridgehead atoms. The lowest BCUT2D eigenvalue weighted by Gasteiger charge is -2.34. The van der Waals surface area contributed by atoms with Crippen LogP contribution in [0.4, 0.5) is 0 Å². The Labute approximate surface area is 107 Å². The van der Waals surface area contributed by atoms with E-state index < -0.39 is 0 Å². The standard InChI is InChI=1S/C14H28ClN/c1-3-4-5-6-7-8-10-16-11-9-14(15)13(2)12-16/h13-14H,3-12H2,1-2H3. The van der Waals surface area contributed by atoms with Gasteiger partial charge in [0.05, 0.1) is 0 Å². The third-order valence-corrected chi connectivity index (χ3v) is 4.36. The molecule has 2 unspecified atom stereocenters. The molecule has 1 aliphatic rings. The minimum atomic E-state index is 0.417. The predicted molar refractivity (Wildman–Crippen MR) is 73.2 cm³/mol. The van der Waals surface area contributed by atoms with Gasteiger partial charge in [-0.25, -0.2) is 0 Å². The van der Waals surface area contributed by atoms with Crippen molar-refractivity contribution in [2.45, 2.75) is 64.2 Å². The predicted octanol–water partition coefficient (Wildman–Crippen LogP) is 4.30. The second kappa shape index (κ2) is 8.36. The van der Waals surface area contributed by atoms with Crippen LogP contribution in [0.1, 0.15) is 58.8 Å². The van der Waals surface area contributed by atoms with Gasteiger partial charge < -0.3 is 4.90 Å². The van der Waals surface area contributed by atoms with Gasteiger partial charge in [-0.05, 0) is 31.8 Å². The van der Waals surface area contributed by atoms with Gasteiger partial charge in [0.2, 0.25) is 0 Å². The van der Waals surface area contributed by atoms with E-state index in [1.807, 2.05) is 0 Å². The molecule has 1 aliphatic heterocycles. The molecule has 1 heterocycles. The van der Waals surface area contributed by atoms with Crippen LogP contribution in [-0.2, 0) is 0 Å². The molecule has 1 rings (SSSR count). The third kappa shape index (κ3) is 5.54. The molecule has 0 spiro atoms. The Morgan fingerprint density at radius 1 is 1.12 bits per heavy atom. The minimum Gasteiger partial charge on any atom is -0.303 e. The average molecular weight is 246 g/mol. The minimum absolute atomic E-state index is 0.417. The molecule has 1 saturated heterocycles. The molecule has 0 aromatic rings. The monoisotopic (exact) mass is 245 g/mol. The van der Waals surface area contributed by atoms with Gasteiger partial charge in [-0.2, -0.15) is 0 Å². The summed E-state index contributed by atoms with van der Waals surface area (Å²) in [6.07, 6.45) is 9.58. The summed E-state index contributed by atoms with van der Waals surface area (Å²) in [5, 5.41) is 0.417. The summed E-state index contributed by atoms with van der Waals surface area (Å²) < 4.78 is 0. The van der Waals surface area contributed by atoms with Crippen molar-refractivity contribution in [3.63, 3.8) is 0 Å². The van der Waals surface area contributed by atoms with Gasteiger partial charge in [-0.3, -0.25) is 0 Å². The Balaban J connectivity index is 1.97. The first-order valence-electron chi connectivity index (χ1n) is 7.10. The van der Waals surface area contributed by atoms with Gasteiger partial charge in [-0.1, -0.05) is 46.0 Å². The molecule has 0 aromatic heterocycles. The van der Waals surface area contributed by atoms with Crippen LogP contribution in [-0.4, -0.2) is 29.9 Å². The molecule has 16 heavy (non-hydrogen) atoms. The van der Waals surface area contributed by atoms with E-state index in [4.69, 9.17) is 11.6 Å². The van der Waals surface area contributed by atoms with Crippen LogP contribution >= 0.6 is 11.6 Å². The molecule has 0 aromatic carbocycles. The lowest BCUT2D eigenvalue weighted by atomic mass is 9.99. The van der Waals surface area contributed by atoms with Gasteiger partial charge >= 0.3 is 0 Å². The van der Waals surface area contributed by atoms with Gasteiger partial charge in [0.25, 0.3) is 0 Å². The molecule has 96 valence electrons. The topological polar surface area (TPSA) is 3.24 Å². The summed E-state index contributed by atoms with van der Waals surface area (Å²) in [5.41, 5.74) is 0. The Bertz CT molecular complexity index is 172. The fourth-order valence-electron chi connectivity index (χ4n) is 2.52. The molecule has 1 nitrogen and oxygen atoms in total. The van der Waals surface area contributed by atoms with E-state index in [1.165, 1.54) is 64.6 Å². The van der Waals surface area contributed by atoms with Crippen LogP contribution in [0.5, 0.6) is 0 Å². The molecule has 0 saturated carbocycles. The Kier molecular flexibility index (Phi) is 7.47. The number of alkyl halides is 1. The Hall–Kier alpha value is 0.250. The zero-order chi connectivity index (χ0) is 11.8. The first-order chi connectivity index (χ1) is 7.74. The van der Waals surface area contributed by atoms with Gasteiger partial charge in [-0.15, -0.1) is 11.6 Å². The molecule has 0 aliphatic carbocycles. The van der Waals surface area contributed by atoms with Gasteiger partial charge in [0, 0.05) is 11.9 Å². The van der Waals surface area contributed by atoms with Crippen molar-refractivity contribution in [2.24, 2.45) is 5.92 Å². The van der Waals surface area contributed by atoms with Crippen molar-refractivity contribution < 1.29 is 0 Å². The fraction of sp³-hybridized carbons (Fsp3) is 1.00. The number of halogens is 1. The maximum atomic E-state index is 6.22. The maximum Gasteiger partial charge on any atom is 0.0386 e. The lowest BCUT2D eigenvalue weighted by molar-refractivity contribution is 0.184. The first kappa shape index (κ1) is 14.3. The van der Waals surface area contributed by atoms with Crippen LogP contribution in [0.25, 0.3) is 0 Å². The Morgan fingerprint density at radius 2 is 1.81 bits per heavy atom. The maximum absolute atomic E-state index is 6.22. The van der Waals surface area contributed by atoms with Crippen molar-refractivity contribution in [1.82, 2.24) is 4.90 Å². The highest BCUT2D eigenvalue weighted by molar-refractivity contribution is 6.20. The number of rotatable bonds is 7. The molecular formula is C14H28ClN. The number of hydrogen-bond acceptors (Lipinski definition) is 1. The van der Waals surface area contributed by atoms with Crippen LogP contribution in [0.3, 0.4) is 0 Å². The van der Waals surface area contributed by atoms with E-state index in [2.05, 4.69) is 18.7 Å². The van der Waals surface area contributed by atoms with E-state index >= 15 is 0 Å². The summed E-state index contributed by atoms with van der Waals surface area (Å²) >= 11 is 6.22. The van der Waals surface area contributed by atoms with E-state index in [0.717, 1.165) is 0 Å². The van der Waals surface area contributed by atoms with Crippen molar-refractivity contribution >= 4 is 11.6 Å². The van der Waals surface area contributed by atoms with Crippen molar-refractivity contribution in [1.29, 1.82) is 0 Å². The lowest BCUT2D eigenvalue weighted by Crippen LogP contribution is -2.40. The summed E-state index contributed by atoms with van der Waals surface area (Å²) in [6.45, 7) is 8.28. The van der Waals surface area contributed by atoms with Crippen LogP contribution in [0.2, 0.25) is 0 Å². The fourth-order valence-corrected chi connectivity index (χ4v) is 2.70. The van der Waals surface area contributed by atoms with E-state index in [1.54, 1.807) is 0 Å². The zero-order valence-corrected chi connectivity index (χ0v) is 11.8. The summed E-state index contributed by atoms with van der Waals surface area (Å²) in [6, 6.07) is 0. The molecule has 0 amide bonds. The number of likely N-dealkylation sites (tertiary alicyclic amines) is 1. The van der Waals surface area contributed by atoms with Crippen LogP contribution in [0.15, 0.2) is 0 Å². The number of nitrogens with zero attached hydrogens (tertiary/aromatic N) is 1. The molecule has 1 fully saturated rings. The van der Waals surface area contributed by atoms with E-state index in [0.29, 0.717) is 11.3 Å². The summed E-state index contributed by atoms with van der Waals surface area (Å²) in [7, 11) is 0. The van der Waals surface area contributed by atoms with Gasteiger partial charge in [0.1, 0.15) is 0 Å². The highest BCUT2D eigenvalue weighted by Gasteiger charge is 2.23. The molecule has 0 radical (unpaired) electrons. The highest BCUT2D eigenvalue weighted by Crippen LogP contribution is 2.21. The second-order valence-corrected chi connectivity index (χ2v) is 5.91. The van der Waals surface area contributed by atoms with E-state index in [-0.39, 0.29) is 0 Å². The first-order valence-corrected chi connectivity index (χ1v) is 7.54. The van der Waals surface area contributed by atoms with E-state index in [9.17, 15) is 0 Å². The summed E-state index contributed by atoms with van der Waals surface area (Å²) in [4.78, 5) is 2.60. The van der Waals surface area contributed by atoms with Crippen molar-refractivity contribution in [3.8, 4) is 0 Å². The number of piperidine rings is 1. The third-order valence-electron chi connectivity index (χ3n) is 3.71. The van der Waals surface area contributed by atoms with Crippen molar-refractivity contribution in [2.75, 3.05) is 19.6 Å². The number of hydrogen-bond donors (Lipinski definition) is 0. The van der Waals surface area contributed by atoms with Gasteiger partial charge in [0.15, 0.2) is 0 Å².